The summed E-state index contributed by atoms with van der Waals surface area (Å²) in [6, 6.07) is 9.69. The maximum atomic E-state index is 11.7. The molecular formula is C15H20O2. The summed E-state index contributed by atoms with van der Waals surface area (Å²) >= 11 is 0. The highest BCUT2D eigenvalue weighted by Gasteiger charge is 2.22. The topological polar surface area (TPSA) is 37.3 Å². The standard InChI is InChI=1S/C15H20O2/c16-14-9-5-4-8-13(14)10-11-15(17)12-6-2-1-3-7-12/h1-3,6-7,13,15,17H,4-5,8-11H2. The third-order valence-electron chi connectivity index (χ3n) is 3.65. The van der Waals surface area contributed by atoms with Gasteiger partial charge in [0.1, 0.15) is 5.78 Å². The van der Waals surface area contributed by atoms with Crippen LogP contribution < -0.4 is 0 Å². The van der Waals surface area contributed by atoms with E-state index < -0.39 is 6.10 Å². The van der Waals surface area contributed by atoms with Gasteiger partial charge in [-0.25, -0.2) is 0 Å². The monoisotopic (exact) mass is 232 g/mol. The minimum atomic E-state index is -0.425. The minimum Gasteiger partial charge on any atom is -0.388 e. The molecule has 17 heavy (non-hydrogen) atoms. The van der Waals surface area contributed by atoms with Crippen molar-refractivity contribution < 1.29 is 9.90 Å². The molecule has 0 aliphatic heterocycles. The van der Waals surface area contributed by atoms with Crippen LogP contribution in [0.1, 0.15) is 50.2 Å². The minimum absolute atomic E-state index is 0.196. The van der Waals surface area contributed by atoms with E-state index in [-0.39, 0.29) is 5.92 Å². The third kappa shape index (κ3) is 3.40. The summed E-state index contributed by atoms with van der Waals surface area (Å²) in [7, 11) is 0. The number of hydrogen-bond acceptors (Lipinski definition) is 2. The second kappa shape index (κ2) is 5.97. The molecule has 0 heterocycles. The zero-order valence-electron chi connectivity index (χ0n) is 10.1. The first-order chi connectivity index (χ1) is 8.27. The van der Waals surface area contributed by atoms with Gasteiger partial charge >= 0.3 is 0 Å². The van der Waals surface area contributed by atoms with Crippen LogP contribution in [-0.2, 0) is 4.79 Å². The number of benzene rings is 1. The zero-order chi connectivity index (χ0) is 12.1. The Hall–Kier alpha value is -1.15. The number of carbonyl (C=O) groups excluding carboxylic acids is 1. The maximum Gasteiger partial charge on any atom is 0.135 e. The van der Waals surface area contributed by atoms with Gasteiger partial charge in [0.2, 0.25) is 0 Å². The number of rotatable bonds is 4. The number of carbonyl (C=O) groups is 1. The molecule has 1 aromatic carbocycles. The van der Waals surface area contributed by atoms with Gasteiger partial charge in [-0.05, 0) is 31.2 Å². The molecule has 1 fully saturated rings. The summed E-state index contributed by atoms with van der Waals surface area (Å²) < 4.78 is 0. The van der Waals surface area contributed by atoms with Crippen molar-refractivity contribution in [3.8, 4) is 0 Å². The van der Waals surface area contributed by atoms with E-state index in [1.807, 2.05) is 30.3 Å². The SMILES string of the molecule is O=C1CCCCC1CCC(O)c1ccccc1. The van der Waals surface area contributed by atoms with Crippen LogP contribution in [0.15, 0.2) is 30.3 Å². The number of hydrogen-bond donors (Lipinski definition) is 1. The highest BCUT2D eigenvalue weighted by molar-refractivity contribution is 5.81. The average molecular weight is 232 g/mol. The summed E-state index contributed by atoms with van der Waals surface area (Å²) in [6.07, 6.45) is 5.07. The Balaban J connectivity index is 1.83. The van der Waals surface area contributed by atoms with E-state index in [1.165, 1.54) is 0 Å². The number of Topliss-reactive ketones (excluding diaryl/α,β-unsaturated/α-hetero) is 1. The Morgan fingerprint density at radius 2 is 2.00 bits per heavy atom. The second-order valence-corrected chi connectivity index (χ2v) is 4.91. The first-order valence-electron chi connectivity index (χ1n) is 6.53. The van der Waals surface area contributed by atoms with Crippen molar-refractivity contribution in [1.29, 1.82) is 0 Å². The van der Waals surface area contributed by atoms with Gasteiger partial charge in [-0.2, -0.15) is 0 Å². The summed E-state index contributed by atoms with van der Waals surface area (Å²) in [5.41, 5.74) is 0.954. The molecule has 2 unspecified atom stereocenters. The molecule has 1 aliphatic carbocycles. The number of ketones is 1. The van der Waals surface area contributed by atoms with Crippen LogP contribution >= 0.6 is 0 Å². The first-order valence-corrected chi connectivity index (χ1v) is 6.53. The van der Waals surface area contributed by atoms with Crippen LogP contribution in [0.3, 0.4) is 0 Å². The molecule has 2 heteroatoms. The van der Waals surface area contributed by atoms with Gasteiger partial charge in [0.25, 0.3) is 0 Å². The normalized spacial score (nSPS) is 22.4. The van der Waals surface area contributed by atoms with Crippen molar-refractivity contribution in [3.63, 3.8) is 0 Å². The van der Waals surface area contributed by atoms with Gasteiger partial charge in [-0.1, -0.05) is 36.8 Å². The quantitative estimate of drug-likeness (QED) is 0.865. The Morgan fingerprint density at radius 1 is 1.24 bits per heavy atom. The second-order valence-electron chi connectivity index (χ2n) is 4.91. The summed E-state index contributed by atoms with van der Waals surface area (Å²) in [5, 5.41) is 10.0. The van der Waals surface area contributed by atoms with Crippen molar-refractivity contribution in [2.24, 2.45) is 5.92 Å². The molecule has 2 nitrogen and oxygen atoms in total. The molecule has 1 saturated carbocycles. The molecule has 1 aromatic rings. The average Bonchev–Trinajstić information content (AvgIpc) is 2.38. The van der Waals surface area contributed by atoms with E-state index in [0.29, 0.717) is 12.2 Å². The highest BCUT2D eigenvalue weighted by atomic mass is 16.3. The predicted molar refractivity (Wildman–Crippen MR) is 67.6 cm³/mol. The van der Waals surface area contributed by atoms with E-state index in [1.54, 1.807) is 0 Å². The summed E-state index contributed by atoms with van der Waals surface area (Å²) in [5.74, 6) is 0.596. The van der Waals surface area contributed by atoms with Crippen LogP contribution in [0, 0.1) is 5.92 Å². The molecular weight excluding hydrogens is 212 g/mol. The van der Waals surface area contributed by atoms with E-state index in [4.69, 9.17) is 0 Å². The molecule has 2 rings (SSSR count). The number of aliphatic hydroxyl groups is 1. The van der Waals surface area contributed by atoms with E-state index in [0.717, 1.165) is 37.7 Å². The lowest BCUT2D eigenvalue weighted by molar-refractivity contribution is -0.124. The van der Waals surface area contributed by atoms with Crippen molar-refractivity contribution in [2.45, 2.75) is 44.6 Å². The molecule has 1 aliphatic rings. The zero-order valence-corrected chi connectivity index (χ0v) is 10.1. The van der Waals surface area contributed by atoms with Crippen LogP contribution in [0.4, 0.5) is 0 Å². The van der Waals surface area contributed by atoms with E-state index in [9.17, 15) is 9.90 Å². The van der Waals surface area contributed by atoms with Crippen LogP contribution in [-0.4, -0.2) is 10.9 Å². The highest BCUT2D eigenvalue weighted by Crippen LogP contribution is 2.28. The molecule has 92 valence electrons. The molecule has 0 spiro atoms. The Bertz CT molecular complexity index is 358. The smallest absolute Gasteiger partial charge is 0.135 e. The number of aliphatic hydroxyl groups excluding tert-OH is 1. The van der Waals surface area contributed by atoms with Gasteiger partial charge < -0.3 is 5.11 Å². The summed E-state index contributed by atoms with van der Waals surface area (Å²) in [6.45, 7) is 0. The Morgan fingerprint density at radius 3 is 2.71 bits per heavy atom. The molecule has 0 bridgehead atoms. The van der Waals surface area contributed by atoms with E-state index in [2.05, 4.69) is 0 Å². The fourth-order valence-electron chi connectivity index (χ4n) is 2.56. The van der Waals surface area contributed by atoms with Gasteiger partial charge in [-0.3, -0.25) is 4.79 Å². The molecule has 0 radical (unpaired) electrons. The largest absolute Gasteiger partial charge is 0.388 e. The van der Waals surface area contributed by atoms with Crippen molar-refractivity contribution in [1.82, 2.24) is 0 Å². The van der Waals surface area contributed by atoms with Gasteiger partial charge in [-0.15, -0.1) is 0 Å². The molecule has 0 saturated heterocycles. The van der Waals surface area contributed by atoms with Crippen LogP contribution in [0.2, 0.25) is 0 Å². The van der Waals surface area contributed by atoms with Crippen molar-refractivity contribution >= 4 is 5.78 Å². The molecule has 2 atom stereocenters. The maximum absolute atomic E-state index is 11.7. The van der Waals surface area contributed by atoms with Gasteiger partial charge in [0.05, 0.1) is 6.10 Å². The lowest BCUT2D eigenvalue weighted by Gasteiger charge is -2.21. The molecule has 0 amide bonds. The van der Waals surface area contributed by atoms with Crippen LogP contribution in [0.5, 0.6) is 0 Å². The fraction of sp³-hybridized carbons (Fsp3) is 0.533. The van der Waals surface area contributed by atoms with Gasteiger partial charge in [0, 0.05) is 12.3 Å². The molecule has 1 N–H and O–H groups in total. The lowest BCUT2D eigenvalue weighted by atomic mass is 9.84. The van der Waals surface area contributed by atoms with Crippen molar-refractivity contribution in [3.05, 3.63) is 35.9 Å². The molecule has 0 aromatic heterocycles. The Labute approximate surface area is 103 Å². The van der Waals surface area contributed by atoms with Crippen molar-refractivity contribution in [2.75, 3.05) is 0 Å². The predicted octanol–water partition coefficient (Wildman–Crippen LogP) is 3.26. The lowest BCUT2D eigenvalue weighted by Crippen LogP contribution is -2.19. The van der Waals surface area contributed by atoms with Crippen LogP contribution in [0.25, 0.3) is 0 Å². The first kappa shape index (κ1) is 12.3. The fourth-order valence-corrected chi connectivity index (χ4v) is 2.56. The summed E-state index contributed by atoms with van der Waals surface area (Å²) in [4.78, 5) is 11.7. The Kier molecular flexibility index (Phi) is 4.32. The van der Waals surface area contributed by atoms with Gasteiger partial charge in [0.15, 0.2) is 0 Å². The third-order valence-corrected chi connectivity index (χ3v) is 3.65. The van der Waals surface area contributed by atoms with E-state index >= 15 is 0 Å².